The Morgan fingerprint density at radius 1 is 1.14 bits per heavy atom. The average Bonchev–Trinajstić information content (AvgIpc) is 2.96. The highest BCUT2D eigenvalue weighted by Crippen LogP contribution is 2.22. The molecule has 1 unspecified atom stereocenters. The molecule has 1 fully saturated rings. The molecule has 0 aromatic heterocycles. The van der Waals surface area contributed by atoms with E-state index in [2.05, 4.69) is 24.0 Å². The highest BCUT2D eigenvalue weighted by atomic mass is 19.1. The topological polar surface area (TPSA) is 12.5 Å². The van der Waals surface area contributed by atoms with E-state index in [1.807, 2.05) is 18.2 Å². The molecular formula is C19H22FNO. The molecule has 0 saturated carbocycles. The van der Waals surface area contributed by atoms with Gasteiger partial charge in [-0.05, 0) is 61.2 Å². The van der Waals surface area contributed by atoms with Gasteiger partial charge in [0.15, 0.2) is 6.23 Å². The fourth-order valence-corrected chi connectivity index (χ4v) is 3.02. The summed E-state index contributed by atoms with van der Waals surface area (Å²) in [4.78, 5) is 2.36. The highest BCUT2D eigenvalue weighted by Gasteiger charge is 2.24. The van der Waals surface area contributed by atoms with Crippen molar-refractivity contribution in [1.82, 2.24) is 4.90 Å². The van der Waals surface area contributed by atoms with E-state index in [4.69, 9.17) is 4.74 Å². The second-order valence-corrected chi connectivity index (χ2v) is 5.79. The third-order valence-electron chi connectivity index (χ3n) is 4.20. The molecule has 0 spiro atoms. The van der Waals surface area contributed by atoms with E-state index in [0.717, 1.165) is 42.8 Å². The lowest BCUT2D eigenvalue weighted by molar-refractivity contribution is 0.0650. The minimum Gasteiger partial charge on any atom is -0.475 e. The van der Waals surface area contributed by atoms with Crippen molar-refractivity contribution < 1.29 is 9.13 Å². The van der Waals surface area contributed by atoms with Crippen molar-refractivity contribution in [1.29, 1.82) is 0 Å². The normalized spacial score (nSPS) is 18.5. The molecule has 2 aromatic rings. The number of nitrogens with zero attached hydrogens (tertiary/aromatic N) is 1. The van der Waals surface area contributed by atoms with Crippen LogP contribution in [0.15, 0.2) is 48.5 Å². The summed E-state index contributed by atoms with van der Waals surface area (Å²) in [7, 11) is 0. The van der Waals surface area contributed by atoms with Gasteiger partial charge in [0.2, 0.25) is 0 Å². The Balaban J connectivity index is 1.63. The van der Waals surface area contributed by atoms with Crippen LogP contribution in [0.4, 0.5) is 4.39 Å². The Kier molecular flexibility index (Phi) is 4.74. The van der Waals surface area contributed by atoms with Crippen LogP contribution in [0.1, 0.15) is 30.9 Å². The second-order valence-electron chi connectivity index (χ2n) is 5.79. The molecule has 1 aliphatic heterocycles. The van der Waals surface area contributed by atoms with Gasteiger partial charge in [0.25, 0.3) is 0 Å². The third kappa shape index (κ3) is 3.66. The third-order valence-corrected chi connectivity index (χ3v) is 4.20. The van der Waals surface area contributed by atoms with Gasteiger partial charge in [-0.25, -0.2) is 4.39 Å². The van der Waals surface area contributed by atoms with Gasteiger partial charge in [-0.15, -0.1) is 0 Å². The van der Waals surface area contributed by atoms with Crippen LogP contribution in [0.25, 0.3) is 0 Å². The minimum atomic E-state index is -0.182. The van der Waals surface area contributed by atoms with Crippen molar-refractivity contribution in [2.75, 3.05) is 13.1 Å². The molecule has 0 bridgehead atoms. The number of rotatable bonds is 5. The smallest absolute Gasteiger partial charge is 0.152 e. The van der Waals surface area contributed by atoms with Crippen LogP contribution in [0, 0.1) is 5.82 Å². The van der Waals surface area contributed by atoms with Crippen molar-refractivity contribution in [3.63, 3.8) is 0 Å². The molecule has 1 heterocycles. The summed E-state index contributed by atoms with van der Waals surface area (Å²) >= 11 is 0. The molecule has 0 radical (unpaired) electrons. The molecular weight excluding hydrogens is 277 g/mol. The first kappa shape index (κ1) is 15.0. The summed E-state index contributed by atoms with van der Waals surface area (Å²) in [5.74, 6) is 0.728. The number of hydrogen-bond donors (Lipinski definition) is 0. The summed E-state index contributed by atoms with van der Waals surface area (Å²) in [5.41, 5.74) is 2.15. The first-order chi connectivity index (χ1) is 10.7. The van der Waals surface area contributed by atoms with Crippen LogP contribution >= 0.6 is 0 Å². The van der Waals surface area contributed by atoms with E-state index in [1.54, 1.807) is 12.1 Å². The van der Waals surface area contributed by atoms with Crippen molar-refractivity contribution in [2.24, 2.45) is 0 Å². The van der Waals surface area contributed by atoms with Crippen molar-refractivity contribution >= 4 is 0 Å². The van der Waals surface area contributed by atoms with Crippen LogP contribution in [-0.4, -0.2) is 24.2 Å². The zero-order valence-electron chi connectivity index (χ0n) is 13.0. The van der Waals surface area contributed by atoms with E-state index in [0.29, 0.717) is 0 Å². The van der Waals surface area contributed by atoms with Gasteiger partial charge in [0.1, 0.15) is 11.6 Å². The number of likely N-dealkylation sites (tertiary alicyclic amines) is 1. The summed E-state index contributed by atoms with van der Waals surface area (Å²) in [5, 5.41) is 0. The first-order valence-corrected chi connectivity index (χ1v) is 7.98. The Labute approximate surface area is 131 Å². The maximum Gasteiger partial charge on any atom is 0.152 e. The van der Waals surface area contributed by atoms with Gasteiger partial charge in [-0.2, -0.15) is 0 Å². The van der Waals surface area contributed by atoms with Gasteiger partial charge in [0, 0.05) is 6.54 Å². The Morgan fingerprint density at radius 3 is 2.68 bits per heavy atom. The number of benzene rings is 2. The van der Waals surface area contributed by atoms with E-state index in [9.17, 15) is 4.39 Å². The molecule has 22 heavy (non-hydrogen) atoms. The maximum atomic E-state index is 13.2. The highest BCUT2D eigenvalue weighted by molar-refractivity contribution is 5.31. The molecule has 1 atom stereocenters. The predicted molar refractivity (Wildman–Crippen MR) is 86.5 cm³/mol. The lowest BCUT2D eigenvalue weighted by Crippen LogP contribution is -2.33. The summed E-state index contributed by atoms with van der Waals surface area (Å²) in [6.07, 6.45) is 3.25. The molecule has 0 aliphatic carbocycles. The predicted octanol–water partition coefficient (Wildman–Crippen LogP) is 4.24. The fourth-order valence-electron chi connectivity index (χ4n) is 3.02. The summed E-state index contributed by atoms with van der Waals surface area (Å²) in [6, 6.07) is 14.9. The van der Waals surface area contributed by atoms with Crippen LogP contribution in [0.5, 0.6) is 5.75 Å². The number of hydrogen-bond acceptors (Lipinski definition) is 2. The van der Waals surface area contributed by atoms with Gasteiger partial charge < -0.3 is 4.74 Å². The number of ether oxygens (including phenoxy) is 1. The minimum absolute atomic E-state index is 0.182. The summed E-state index contributed by atoms with van der Waals surface area (Å²) in [6.45, 7) is 4.32. The second kappa shape index (κ2) is 6.93. The molecule has 116 valence electrons. The van der Waals surface area contributed by atoms with Crippen molar-refractivity contribution in [2.45, 2.75) is 32.4 Å². The molecule has 2 aromatic carbocycles. The lowest BCUT2D eigenvalue weighted by Gasteiger charge is -2.23. The monoisotopic (exact) mass is 299 g/mol. The van der Waals surface area contributed by atoms with Crippen LogP contribution < -0.4 is 4.74 Å². The first-order valence-electron chi connectivity index (χ1n) is 7.98. The zero-order valence-corrected chi connectivity index (χ0v) is 13.0. The van der Waals surface area contributed by atoms with Crippen LogP contribution in [0.3, 0.4) is 0 Å². The Morgan fingerprint density at radius 2 is 1.95 bits per heavy atom. The summed E-state index contributed by atoms with van der Waals surface area (Å²) < 4.78 is 19.3. The average molecular weight is 299 g/mol. The zero-order chi connectivity index (χ0) is 15.4. The van der Waals surface area contributed by atoms with Crippen molar-refractivity contribution in [3.8, 4) is 5.75 Å². The SMILES string of the molecule is CCN1CCCC1Oc1ccc(Cc2cccc(F)c2)cc1. The largest absolute Gasteiger partial charge is 0.475 e. The quantitative estimate of drug-likeness (QED) is 0.819. The van der Waals surface area contributed by atoms with Gasteiger partial charge >= 0.3 is 0 Å². The fraction of sp³-hybridized carbons (Fsp3) is 0.368. The van der Waals surface area contributed by atoms with Crippen LogP contribution in [0.2, 0.25) is 0 Å². The van der Waals surface area contributed by atoms with E-state index in [1.165, 1.54) is 12.5 Å². The van der Waals surface area contributed by atoms with Crippen molar-refractivity contribution in [3.05, 3.63) is 65.5 Å². The van der Waals surface area contributed by atoms with Gasteiger partial charge in [-0.1, -0.05) is 31.2 Å². The molecule has 0 N–H and O–H groups in total. The van der Waals surface area contributed by atoms with E-state index >= 15 is 0 Å². The molecule has 1 saturated heterocycles. The lowest BCUT2D eigenvalue weighted by atomic mass is 10.0. The number of halogens is 1. The van der Waals surface area contributed by atoms with Crippen LogP contribution in [-0.2, 0) is 6.42 Å². The van der Waals surface area contributed by atoms with Gasteiger partial charge in [-0.3, -0.25) is 4.90 Å². The van der Waals surface area contributed by atoms with Gasteiger partial charge in [0.05, 0.1) is 0 Å². The molecule has 3 heteroatoms. The molecule has 0 amide bonds. The Hall–Kier alpha value is -1.87. The maximum absolute atomic E-state index is 13.2. The van der Waals surface area contributed by atoms with E-state index in [-0.39, 0.29) is 12.0 Å². The molecule has 2 nitrogen and oxygen atoms in total. The molecule has 1 aliphatic rings. The Bertz CT molecular complexity index is 611. The standard InChI is InChI=1S/C19H22FNO/c1-2-21-12-4-7-19(21)22-18-10-8-15(9-11-18)13-16-5-3-6-17(20)14-16/h3,5-6,8-11,14,19H,2,4,7,12-13H2,1H3. The van der Waals surface area contributed by atoms with E-state index < -0.39 is 0 Å². The molecule has 3 rings (SSSR count).